The third-order valence-corrected chi connectivity index (χ3v) is 2.99. The first-order valence-electron chi connectivity index (χ1n) is 5.42. The summed E-state index contributed by atoms with van der Waals surface area (Å²) < 4.78 is 1.45. The SMILES string of the molecule is NC(=O)c1cnn(-c2nnc(Cl)c3ccccc23)c1. The van der Waals surface area contributed by atoms with Gasteiger partial charge in [-0.2, -0.15) is 5.10 Å². The van der Waals surface area contributed by atoms with E-state index in [1.807, 2.05) is 24.3 Å². The van der Waals surface area contributed by atoms with Gasteiger partial charge in [-0.05, 0) is 0 Å². The number of primary amides is 1. The Hall–Kier alpha value is -2.47. The molecule has 0 unspecified atom stereocenters. The van der Waals surface area contributed by atoms with Crippen molar-refractivity contribution in [3.8, 4) is 5.82 Å². The van der Waals surface area contributed by atoms with Gasteiger partial charge in [-0.1, -0.05) is 35.9 Å². The maximum Gasteiger partial charge on any atom is 0.251 e. The Balaban J connectivity index is 2.24. The first-order chi connectivity index (χ1) is 9.16. The normalized spacial score (nSPS) is 10.8. The summed E-state index contributed by atoms with van der Waals surface area (Å²) >= 11 is 5.99. The number of nitrogens with zero attached hydrogens (tertiary/aromatic N) is 4. The molecule has 0 fully saturated rings. The van der Waals surface area contributed by atoms with Crippen LogP contribution in [0.1, 0.15) is 10.4 Å². The quantitative estimate of drug-likeness (QED) is 0.768. The van der Waals surface area contributed by atoms with Crippen molar-refractivity contribution in [2.24, 2.45) is 5.73 Å². The fraction of sp³-hybridized carbons (Fsp3) is 0. The van der Waals surface area contributed by atoms with Gasteiger partial charge in [-0.15, -0.1) is 10.2 Å². The molecular weight excluding hydrogens is 266 g/mol. The number of hydrogen-bond donors (Lipinski definition) is 1. The van der Waals surface area contributed by atoms with Crippen LogP contribution in [0.4, 0.5) is 0 Å². The topological polar surface area (TPSA) is 86.7 Å². The number of nitrogens with two attached hydrogens (primary N) is 1. The van der Waals surface area contributed by atoms with Crippen molar-refractivity contribution in [2.45, 2.75) is 0 Å². The van der Waals surface area contributed by atoms with Gasteiger partial charge in [-0.25, -0.2) is 4.68 Å². The molecule has 6 nitrogen and oxygen atoms in total. The molecule has 3 aromatic rings. The zero-order valence-electron chi connectivity index (χ0n) is 9.62. The first kappa shape index (κ1) is 11.6. The minimum atomic E-state index is -0.544. The van der Waals surface area contributed by atoms with E-state index < -0.39 is 5.91 Å². The predicted octanol–water partition coefficient (Wildman–Crippen LogP) is 1.57. The summed E-state index contributed by atoms with van der Waals surface area (Å²) in [5, 5.41) is 13.8. The van der Waals surface area contributed by atoms with Crippen LogP contribution < -0.4 is 5.73 Å². The van der Waals surface area contributed by atoms with Crippen molar-refractivity contribution in [1.29, 1.82) is 0 Å². The molecule has 7 heteroatoms. The molecule has 1 aromatic carbocycles. The van der Waals surface area contributed by atoms with Crippen LogP contribution in [0.25, 0.3) is 16.6 Å². The molecule has 0 aliphatic heterocycles. The van der Waals surface area contributed by atoms with Crippen molar-refractivity contribution in [2.75, 3.05) is 0 Å². The number of amides is 1. The number of fused-ring (bicyclic) bond motifs is 1. The van der Waals surface area contributed by atoms with Crippen LogP contribution in [0.5, 0.6) is 0 Å². The second-order valence-corrected chi connectivity index (χ2v) is 4.26. The highest BCUT2D eigenvalue weighted by Gasteiger charge is 2.11. The summed E-state index contributed by atoms with van der Waals surface area (Å²) in [5.74, 6) is -0.0509. The van der Waals surface area contributed by atoms with Crippen molar-refractivity contribution in [3.05, 3.63) is 47.4 Å². The van der Waals surface area contributed by atoms with Gasteiger partial charge >= 0.3 is 0 Å². The van der Waals surface area contributed by atoms with Gasteiger partial charge < -0.3 is 5.73 Å². The molecule has 2 aromatic heterocycles. The van der Waals surface area contributed by atoms with Crippen LogP contribution in [-0.4, -0.2) is 25.9 Å². The molecule has 0 saturated carbocycles. The highest BCUT2D eigenvalue weighted by molar-refractivity contribution is 6.34. The lowest BCUT2D eigenvalue weighted by Gasteiger charge is -2.05. The minimum absolute atomic E-state index is 0.306. The molecule has 0 bridgehead atoms. The molecule has 0 aliphatic rings. The van der Waals surface area contributed by atoms with Crippen molar-refractivity contribution < 1.29 is 4.79 Å². The summed E-state index contributed by atoms with van der Waals surface area (Å²) in [6.07, 6.45) is 2.89. The second kappa shape index (κ2) is 4.33. The van der Waals surface area contributed by atoms with E-state index in [0.29, 0.717) is 16.5 Å². The maximum atomic E-state index is 11.1. The highest BCUT2D eigenvalue weighted by Crippen LogP contribution is 2.24. The van der Waals surface area contributed by atoms with Gasteiger partial charge in [0.15, 0.2) is 11.0 Å². The minimum Gasteiger partial charge on any atom is -0.366 e. The number of benzene rings is 1. The van der Waals surface area contributed by atoms with E-state index in [0.717, 1.165) is 10.8 Å². The average molecular weight is 274 g/mol. The van der Waals surface area contributed by atoms with Gasteiger partial charge in [0.05, 0.1) is 11.8 Å². The lowest BCUT2D eigenvalue weighted by Crippen LogP contribution is -2.09. The molecule has 2 N–H and O–H groups in total. The Labute approximate surface area is 112 Å². The standard InChI is InChI=1S/C12H8ClN5O/c13-10-8-3-1-2-4-9(8)12(17-16-10)18-6-7(5-15-18)11(14)19/h1-6H,(H2,14,19). The van der Waals surface area contributed by atoms with Gasteiger partial charge in [0.25, 0.3) is 5.91 Å². The molecular formula is C12H8ClN5O. The fourth-order valence-corrected chi connectivity index (χ4v) is 1.99. The van der Waals surface area contributed by atoms with Crippen LogP contribution >= 0.6 is 11.6 Å². The van der Waals surface area contributed by atoms with E-state index in [9.17, 15) is 4.79 Å². The molecule has 0 radical (unpaired) electrons. The summed E-state index contributed by atoms with van der Waals surface area (Å²) in [6.45, 7) is 0. The zero-order valence-corrected chi connectivity index (χ0v) is 10.4. The Morgan fingerprint density at radius 3 is 2.63 bits per heavy atom. The third kappa shape index (κ3) is 1.92. The van der Waals surface area contributed by atoms with Gasteiger partial charge in [-0.3, -0.25) is 4.79 Å². The van der Waals surface area contributed by atoms with Crippen molar-refractivity contribution >= 4 is 28.3 Å². The highest BCUT2D eigenvalue weighted by atomic mass is 35.5. The summed E-state index contributed by atoms with van der Waals surface area (Å²) in [4.78, 5) is 11.1. The van der Waals surface area contributed by atoms with Gasteiger partial charge in [0, 0.05) is 17.0 Å². The van der Waals surface area contributed by atoms with Crippen LogP contribution in [0.15, 0.2) is 36.7 Å². The molecule has 0 saturated heterocycles. The number of hydrogen-bond acceptors (Lipinski definition) is 4. The molecule has 3 rings (SSSR count). The number of carbonyl (C=O) groups excluding carboxylic acids is 1. The maximum absolute atomic E-state index is 11.1. The summed E-state index contributed by atoms with van der Waals surface area (Å²) in [5.41, 5.74) is 5.50. The van der Waals surface area contributed by atoms with Crippen LogP contribution in [-0.2, 0) is 0 Å². The van der Waals surface area contributed by atoms with E-state index in [1.54, 1.807) is 0 Å². The van der Waals surface area contributed by atoms with Crippen molar-refractivity contribution in [1.82, 2.24) is 20.0 Å². The lowest BCUT2D eigenvalue weighted by molar-refractivity contribution is 0.100. The van der Waals surface area contributed by atoms with E-state index in [-0.39, 0.29) is 0 Å². The Morgan fingerprint density at radius 2 is 1.95 bits per heavy atom. The summed E-state index contributed by atoms with van der Waals surface area (Å²) in [7, 11) is 0. The van der Waals surface area contributed by atoms with Crippen LogP contribution in [0.2, 0.25) is 5.15 Å². The van der Waals surface area contributed by atoms with E-state index in [2.05, 4.69) is 15.3 Å². The number of aromatic nitrogens is 4. The molecule has 1 amide bonds. The lowest BCUT2D eigenvalue weighted by atomic mass is 10.2. The number of carbonyl (C=O) groups is 1. The Kier molecular flexibility index (Phi) is 2.64. The molecule has 0 aliphatic carbocycles. The first-order valence-corrected chi connectivity index (χ1v) is 5.80. The van der Waals surface area contributed by atoms with Crippen LogP contribution in [0, 0.1) is 0 Å². The Morgan fingerprint density at radius 1 is 1.21 bits per heavy atom. The number of rotatable bonds is 2. The van der Waals surface area contributed by atoms with Gasteiger partial charge in [0.2, 0.25) is 0 Å². The molecule has 19 heavy (non-hydrogen) atoms. The van der Waals surface area contributed by atoms with E-state index in [1.165, 1.54) is 17.1 Å². The van der Waals surface area contributed by atoms with E-state index >= 15 is 0 Å². The monoisotopic (exact) mass is 273 g/mol. The van der Waals surface area contributed by atoms with Crippen LogP contribution in [0.3, 0.4) is 0 Å². The number of halogens is 1. The van der Waals surface area contributed by atoms with Gasteiger partial charge in [0.1, 0.15) is 0 Å². The predicted molar refractivity (Wildman–Crippen MR) is 70.2 cm³/mol. The largest absolute Gasteiger partial charge is 0.366 e. The molecule has 2 heterocycles. The summed E-state index contributed by atoms with van der Waals surface area (Å²) in [6, 6.07) is 7.42. The average Bonchev–Trinajstić information content (AvgIpc) is 2.89. The molecule has 0 atom stereocenters. The third-order valence-electron chi connectivity index (χ3n) is 2.71. The second-order valence-electron chi connectivity index (χ2n) is 3.90. The molecule has 94 valence electrons. The molecule has 0 spiro atoms. The van der Waals surface area contributed by atoms with E-state index in [4.69, 9.17) is 17.3 Å². The van der Waals surface area contributed by atoms with Crippen molar-refractivity contribution in [3.63, 3.8) is 0 Å². The Bertz CT molecular complexity index is 783. The zero-order chi connectivity index (χ0) is 13.4. The fourth-order valence-electron chi connectivity index (χ4n) is 1.79. The smallest absolute Gasteiger partial charge is 0.251 e.